The first kappa shape index (κ1) is 30.1. The number of carbonyl (C=O) groups excluding carboxylic acids is 1. The lowest BCUT2D eigenvalue weighted by Gasteiger charge is -2.25. The second-order valence-electron chi connectivity index (χ2n) is 9.26. The molecule has 212 valence electrons. The highest BCUT2D eigenvalue weighted by Crippen LogP contribution is 2.34. The van der Waals surface area contributed by atoms with Crippen LogP contribution < -0.4 is 10.1 Å². The van der Waals surface area contributed by atoms with Gasteiger partial charge in [0, 0.05) is 23.4 Å². The standard InChI is InChI=1S/C25H25F7N4O2S/c1-13-8-17(36-39(3,4)5)11-19-21(13)18(33-12-34-19)9-15-6-7-16(26)10-20(15)38-14(2)22(37)35-23(24(27,28)29)25(30,31)32/h6-8,10-12,14,23H,3,9H2,1-2,4-5H3,(H,35,37)/t14-/m1/s1. The topological polar surface area (TPSA) is 76.5 Å². The Kier molecular flexibility index (Phi) is 8.49. The van der Waals surface area contributed by atoms with Crippen LogP contribution >= 0.6 is 0 Å². The zero-order valence-corrected chi connectivity index (χ0v) is 22.1. The van der Waals surface area contributed by atoms with Crippen LogP contribution in [0.5, 0.6) is 5.75 Å². The van der Waals surface area contributed by atoms with Gasteiger partial charge in [0.05, 0.1) is 16.9 Å². The lowest BCUT2D eigenvalue weighted by Crippen LogP contribution is -2.56. The summed E-state index contributed by atoms with van der Waals surface area (Å²) in [6.45, 7) is 2.78. The fourth-order valence-electron chi connectivity index (χ4n) is 3.74. The quantitative estimate of drug-likeness (QED) is 0.288. The van der Waals surface area contributed by atoms with Gasteiger partial charge in [0.15, 0.2) is 6.10 Å². The normalized spacial score (nSPS) is 13.4. The Morgan fingerprint density at radius 2 is 1.74 bits per heavy atom. The fraction of sp³-hybridized carbons (Fsp3) is 0.360. The van der Waals surface area contributed by atoms with Gasteiger partial charge in [-0.25, -0.2) is 18.7 Å². The number of nitrogens with one attached hydrogen (secondary N) is 1. The molecule has 14 heteroatoms. The maximum Gasteiger partial charge on any atom is 0.417 e. The molecule has 0 radical (unpaired) electrons. The van der Waals surface area contributed by atoms with Crippen molar-refractivity contribution in [3.05, 3.63) is 59.3 Å². The molecule has 39 heavy (non-hydrogen) atoms. The Hall–Kier alpha value is -3.42. The summed E-state index contributed by atoms with van der Waals surface area (Å²) >= 11 is 0. The molecule has 1 amide bonds. The monoisotopic (exact) mass is 578 g/mol. The van der Waals surface area contributed by atoms with Gasteiger partial charge < -0.3 is 10.1 Å². The number of nitrogens with zero attached hydrogens (tertiary/aromatic N) is 3. The van der Waals surface area contributed by atoms with E-state index in [9.17, 15) is 35.5 Å². The van der Waals surface area contributed by atoms with Crippen LogP contribution in [0.3, 0.4) is 0 Å². The lowest BCUT2D eigenvalue weighted by atomic mass is 10.0. The van der Waals surface area contributed by atoms with Crippen LogP contribution in [0.4, 0.5) is 36.4 Å². The molecular formula is C25H25F7N4O2S. The van der Waals surface area contributed by atoms with E-state index in [1.807, 2.05) is 25.5 Å². The van der Waals surface area contributed by atoms with Gasteiger partial charge >= 0.3 is 12.4 Å². The van der Waals surface area contributed by atoms with Crippen LogP contribution in [-0.4, -0.2) is 58.8 Å². The summed E-state index contributed by atoms with van der Waals surface area (Å²) < 4.78 is 101. The van der Waals surface area contributed by atoms with E-state index < -0.39 is 45.6 Å². The molecule has 3 rings (SSSR count). The van der Waals surface area contributed by atoms with Crippen molar-refractivity contribution in [2.45, 2.75) is 44.8 Å². The number of hydrogen-bond acceptors (Lipinski definition) is 5. The van der Waals surface area contributed by atoms with Crippen LogP contribution in [-0.2, 0) is 20.6 Å². The van der Waals surface area contributed by atoms with Crippen molar-refractivity contribution in [1.82, 2.24) is 15.3 Å². The van der Waals surface area contributed by atoms with Crippen molar-refractivity contribution in [2.24, 2.45) is 4.36 Å². The van der Waals surface area contributed by atoms with Crippen molar-refractivity contribution >= 4 is 37.8 Å². The summed E-state index contributed by atoms with van der Waals surface area (Å²) in [5.74, 6) is 1.32. The van der Waals surface area contributed by atoms with Crippen molar-refractivity contribution in [3.63, 3.8) is 0 Å². The predicted molar refractivity (Wildman–Crippen MR) is 136 cm³/mol. The number of hydrogen-bond donors (Lipinski definition) is 1. The van der Waals surface area contributed by atoms with Crippen molar-refractivity contribution in [1.29, 1.82) is 0 Å². The molecule has 3 aromatic rings. The van der Waals surface area contributed by atoms with Crippen LogP contribution in [0.15, 0.2) is 41.0 Å². The molecule has 1 atom stereocenters. The van der Waals surface area contributed by atoms with Crippen LogP contribution in [0.2, 0.25) is 0 Å². The number of amides is 1. The van der Waals surface area contributed by atoms with Gasteiger partial charge in [-0.2, -0.15) is 26.3 Å². The van der Waals surface area contributed by atoms with Gasteiger partial charge in [-0.1, -0.05) is 11.9 Å². The van der Waals surface area contributed by atoms with E-state index in [0.717, 1.165) is 29.9 Å². The average molecular weight is 579 g/mol. The predicted octanol–water partition coefficient (Wildman–Crippen LogP) is 5.71. The Balaban J connectivity index is 1.93. The van der Waals surface area contributed by atoms with E-state index in [4.69, 9.17) is 4.74 Å². The second-order valence-corrected chi connectivity index (χ2v) is 12.4. The Morgan fingerprint density at radius 1 is 1.10 bits per heavy atom. The summed E-state index contributed by atoms with van der Waals surface area (Å²) in [5, 5.41) is 1.59. The summed E-state index contributed by atoms with van der Waals surface area (Å²) in [7, 11) is -1.45. The first-order chi connectivity index (χ1) is 17.8. The van der Waals surface area contributed by atoms with Crippen LogP contribution in [0, 0.1) is 12.7 Å². The number of carbonyl (C=O) groups is 1. The third-order valence-electron chi connectivity index (χ3n) is 5.35. The third kappa shape index (κ3) is 7.80. The average Bonchev–Trinajstić information content (AvgIpc) is 2.76. The Morgan fingerprint density at radius 3 is 2.33 bits per heavy atom. The van der Waals surface area contributed by atoms with E-state index >= 15 is 0 Å². The van der Waals surface area contributed by atoms with Gasteiger partial charge in [-0.15, -0.1) is 9.41 Å². The smallest absolute Gasteiger partial charge is 0.417 e. The largest absolute Gasteiger partial charge is 0.480 e. The molecule has 6 nitrogen and oxygen atoms in total. The molecular weight excluding hydrogens is 553 g/mol. The summed E-state index contributed by atoms with van der Waals surface area (Å²) in [6, 6.07) is 2.82. The number of ether oxygens (including phenoxy) is 1. The van der Waals surface area contributed by atoms with Crippen molar-refractivity contribution in [3.8, 4) is 5.75 Å². The highest BCUT2D eigenvalue weighted by atomic mass is 32.2. The molecule has 0 fully saturated rings. The minimum absolute atomic E-state index is 0.0279. The highest BCUT2D eigenvalue weighted by Gasteiger charge is 2.57. The fourth-order valence-corrected chi connectivity index (χ4v) is 4.42. The van der Waals surface area contributed by atoms with E-state index in [2.05, 4.69) is 20.2 Å². The molecule has 0 unspecified atom stereocenters. The zero-order valence-electron chi connectivity index (χ0n) is 21.2. The molecule has 0 spiro atoms. The van der Waals surface area contributed by atoms with E-state index in [0.29, 0.717) is 22.3 Å². The van der Waals surface area contributed by atoms with E-state index in [-0.39, 0.29) is 17.7 Å². The third-order valence-corrected chi connectivity index (χ3v) is 6.06. The number of halogens is 7. The zero-order chi connectivity index (χ0) is 29.3. The molecule has 0 aliphatic carbocycles. The molecule has 0 saturated carbocycles. The molecule has 0 bridgehead atoms. The lowest BCUT2D eigenvalue weighted by molar-refractivity contribution is -0.258. The highest BCUT2D eigenvalue weighted by molar-refractivity contribution is 8.01. The Bertz CT molecular complexity index is 1490. The Labute approximate surface area is 220 Å². The SMILES string of the molecule is C=S(C)(C)=Nc1cc(C)c2c(Cc3ccc(F)cc3O[C@H](C)C(=O)NC(C(F)(F)F)C(F)(F)F)ncnc2c1. The van der Waals surface area contributed by atoms with E-state index in [1.165, 1.54) is 12.4 Å². The summed E-state index contributed by atoms with van der Waals surface area (Å²) in [5.41, 5.74) is 2.82. The van der Waals surface area contributed by atoms with Gasteiger partial charge in [-0.3, -0.25) is 4.79 Å². The van der Waals surface area contributed by atoms with Crippen LogP contribution in [0.1, 0.15) is 23.7 Å². The van der Waals surface area contributed by atoms with Crippen LogP contribution in [0.25, 0.3) is 10.9 Å². The van der Waals surface area contributed by atoms with Crippen molar-refractivity contribution < 1.29 is 40.3 Å². The maximum absolute atomic E-state index is 14.0. The molecule has 1 N–H and O–H groups in total. The summed E-state index contributed by atoms with van der Waals surface area (Å²) in [6.07, 6.45) is -8.19. The minimum Gasteiger partial charge on any atom is -0.480 e. The first-order valence-corrected chi connectivity index (χ1v) is 13.8. The van der Waals surface area contributed by atoms with E-state index in [1.54, 1.807) is 6.07 Å². The molecule has 1 heterocycles. The van der Waals surface area contributed by atoms with Gasteiger partial charge in [0.1, 0.15) is 17.9 Å². The molecule has 0 aliphatic rings. The number of benzene rings is 2. The minimum atomic E-state index is -5.78. The number of rotatable bonds is 7. The summed E-state index contributed by atoms with van der Waals surface area (Å²) in [4.78, 5) is 20.8. The first-order valence-electron chi connectivity index (χ1n) is 11.3. The molecule has 1 aromatic heterocycles. The van der Waals surface area contributed by atoms with Gasteiger partial charge in [0.25, 0.3) is 5.91 Å². The van der Waals surface area contributed by atoms with Gasteiger partial charge in [-0.05, 0) is 50.1 Å². The number of aryl methyl sites for hydroxylation is 1. The number of fused-ring (bicyclic) bond motifs is 1. The number of aromatic nitrogens is 2. The number of alkyl halides is 6. The molecule has 2 aromatic carbocycles. The van der Waals surface area contributed by atoms with Crippen molar-refractivity contribution in [2.75, 3.05) is 12.5 Å². The van der Waals surface area contributed by atoms with Gasteiger partial charge in [0.2, 0.25) is 6.04 Å². The maximum atomic E-state index is 14.0. The molecule has 0 aliphatic heterocycles. The molecule has 0 saturated heterocycles. The second kappa shape index (κ2) is 11.0.